The average molecular weight is 330 g/mol. The minimum atomic E-state index is -0.197. The van der Waals surface area contributed by atoms with Crippen LogP contribution in [0.4, 0.5) is 4.39 Å². The van der Waals surface area contributed by atoms with Crippen LogP contribution in [0.25, 0.3) is 0 Å². The fourth-order valence-electron chi connectivity index (χ4n) is 3.17. The predicted molar refractivity (Wildman–Crippen MR) is 91.0 cm³/mol. The summed E-state index contributed by atoms with van der Waals surface area (Å²) < 4.78 is 24.7. The predicted octanol–water partition coefficient (Wildman–Crippen LogP) is 3.39. The third kappa shape index (κ3) is 4.03. The number of halogens is 1. The first-order valence-corrected chi connectivity index (χ1v) is 8.44. The van der Waals surface area contributed by atoms with Crippen molar-refractivity contribution in [2.24, 2.45) is 5.92 Å². The number of ether oxygens (including phenoxy) is 2. The Bertz CT molecular complexity index is 648. The molecule has 3 rings (SSSR count). The number of aromatic nitrogens is 1. The van der Waals surface area contributed by atoms with E-state index in [2.05, 4.69) is 10.3 Å². The van der Waals surface area contributed by atoms with Crippen molar-refractivity contribution in [1.29, 1.82) is 0 Å². The normalized spacial score (nSPS) is 20.6. The largest absolute Gasteiger partial charge is 0.488 e. The van der Waals surface area contributed by atoms with Crippen molar-refractivity contribution >= 4 is 0 Å². The minimum Gasteiger partial charge on any atom is -0.488 e. The zero-order valence-electron chi connectivity index (χ0n) is 13.9. The molecule has 5 heteroatoms. The van der Waals surface area contributed by atoms with Gasteiger partial charge in [0.05, 0.1) is 13.2 Å². The van der Waals surface area contributed by atoms with Gasteiger partial charge in [0, 0.05) is 18.7 Å². The Kier molecular flexibility index (Phi) is 5.64. The Morgan fingerprint density at radius 1 is 1.21 bits per heavy atom. The lowest BCUT2D eigenvalue weighted by Gasteiger charge is -2.32. The third-order valence-electron chi connectivity index (χ3n) is 4.38. The Morgan fingerprint density at radius 2 is 2.04 bits per heavy atom. The van der Waals surface area contributed by atoms with E-state index in [4.69, 9.17) is 9.47 Å². The molecular weight excluding hydrogens is 307 g/mol. The molecule has 2 heterocycles. The van der Waals surface area contributed by atoms with Crippen molar-refractivity contribution in [3.05, 3.63) is 54.0 Å². The highest BCUT2D eigenvalue weighted by Gasteiger charge is 2.27. The van der Waals surface area contributed by atoms with Gasteiger partial charge in [0.25, 0.3) is 5.88 Å². The molecule has 0 amide bonds. The summed E-state index contributed by atoms with van der Waals surface area (Å²) in [6, 6.07) is 10.5. The monoisotopic (exact) mass is 330 g/mol. The van der Waals surface area contributed by atoms with Crippen LogP contribution in [-0.2, 0) is 0 Å². The number of benzene rings is 1. The Hall–Kier alpha value is -2.14. The molecule has 1 aliphatic rings. The maximum Gasteiger partial charge on any atom is 0.256 e. The standard InChI is InChI=1S/C19H23FN2O2/c1-2-23-19-18(4-3-10-22-19)24-13-15-12-21-11-9-17(15)14-5-7-16(20)8-6-14/h3-8,10,15,17,21H,2,9,11-13H2,1H3. The molecule has 2 atom stereocenters. The molecule has 2 unspecified atom stereocenters. The molecule has 128 valence electrons. The van der Waals surface area contributed by atoms with Crippen molar-refractivity contribution in [3.63, 3.8) is 0 Å². The van der Waals surface area contributed by atoms with Crippen LogP contribution in [0.5, 0.6) is 11.6 Å². The van der Waals surface area contributed by atoms with E-state index in [1.807, 2.05) is 31.2 Å². The van der Waals surface area contributed by atoms with Gasteiger partial charge in [-0.3, -0.25) is 0 Å². The highest BCUT2D eigenvalue weighted by atomic mass is 19.1. The van der Waals surface area contributed by atoms with E-state index in [1.165, 1.54) is 17.7 Å². The topological polar surface area (TPSA) is 43.4 Å². The van der Waals surface area contributed by atoms with Crippen LogP contribution in [0.2, 0.25) is 0 Å². The molecule has 1 fully saturated rings. The number of nitrogens with zero attached hydrogens (tertiary/aromatic N) is 1. The SMILES string of the molecule is CCOc1ncccc1OCC1CNCCC1c1ccc(F)cc1. The van der Waals surface area contributed by atoms with Crippen molar-refractivity contribution < 1.29 is 13.9 Å². The summed E-state index contributed by atoms with van der Waals surface area (Å²) in [5.41, 5.74) is 1.17. The summed E-state index contributed by atoms with van der Waals surface area (Å²) in [6.07, 6.45) is 2.71. The van der Waals surface area contributed by atoms with Crippen LogP contribution in [0, 0.1) is 11.7 Å². The molecule has 1 aliphatic heterocycles. The van der Waals surface area contributed by atoms with Crippen LogP contribution in [0.15, 0.2) is 42.6 Å². The number of nitrogens with one attached hydrogen (secondary N) is 1. The molecule has 1 aromatic carbocycles. The lowest BCUT2D eigenvalue weighted by atomic mass is 9.81. The minimum absolute atomic E-state index is 0.197. The molecule has 0 aliphatic carbocycles. The lowest BCUT2D eigenvalue weighted by Crippen LogP contribution is -2.38. The molecule has 0 saturated carbocycles. The second-order valence-electron chi connectivity index (χ2n) is 5.96. The first-order chi connectivity index (χ1) is 11.8. The van der Waals surface area contributed by atoms with E-state index >= 15 is 0 Å². The summed E-state index contributed by atoms with van der Waals surface area (Å²) in [6.45, 7) is 4.90. The molecule has 1 aromatic heterocycles. The van der Waals surface area contributed by atoms with E-state index in [-0.39, 0.29) is 5.82 Å². The fourth-order valence-corrected chi connectivity index (χ4v) is 3.17. The molecule has 1 N–H and O–H groups in total. The second-order valence-corrected chi connectivity index (χ2v) is 5.96. The molecular formula is C19H23FN2O2. The van der Waals surface area contributed by atoms with Crippen LogP contribution in [0.3, 0.4) is 0 Å². The molecule has 4 nitrogen and oxygen atoms in total. The maximum absolute atomic E-state index is 13.2. The summed E-state index contributed by atoms with van der Waals surface area (Å²) >= 11 is 0. The molecule has 1 saturated heterocycles. The Labute approximate surface area is 142 Å². The van der Waals surface area contributed by atoms with Gasteiger partial charge in [-0.05, 0) is 55.6 Å². The molecule has 24 heavy (non-hydrogen) atoms. The van der Waals surface area contributed by atoms with Gasteiger partial charge in [-0.25, -0.2) is 9.37 Å². The highest BCUT2D eigenvalue weighted by molar-refractivity contribution is 5.32. The van der Waals surface area contributed by atoms with Crippen LogP contribution in [-0.4, -0.2) is 31.3 Å². The highest BCUT2D eigenvalue weighted by Crippen LogP contribution is 2.32. The van der Waals surface area contributed by atoms with Gasteiger partial charge in [-0.2, -0.15) is 0 Å². The summed E-state index contributed by atoms with van der Waals surface area (Å²) in [5, 5.41) is 3.42. The lowest BCUT2D eigenvalue weighted by molar-refractivity contribution is 0.187. The number of hydrogen-bond donors (Lipinski definition) is 1. The summed E-state index contributed by atoms with van der Waals surface area (Å²) in [7, 11) is 0. The zero-order valence-corrected chi connectivity index (χ0v) is 13.9. The van der Waals surface area contributed by atoms with Gasteiger partial charge in [-0.1, -0.05) is 12.1 Å². The second kappa shape index (κ2) is 8.11. The fraction of sp³-hybridized carbons (Fsp3) is 0.421. The molecule has 0 bridgehead atoms. The molecule has 0 spiro atoms. The quantitative estimate of drug-likeness (QED) is 0.882. The van der Waals surface area contributed by atoms with Gasteiger partial charge < -0.3 is 14.8 Å². The zero-order chi connectivity index (χ0) is 16.8. The van der Waals surface area contributed by atoms with E-state index in [0.29, 0.717) is 36.7 Å². The summed E-state index contributed by atoms with van der Waals surface area (Å²) in [5.74, 6) is 1.68. The van der Waals surface area contributed by atoms with Crippen molar-refractivity contribution in [1.82, 2.24) is 10.3 Å². The van der Waals surface area contributed by atoms with E-state index in [1.54, 1.807) is 6.20 Å². The van der Waals surface area contributed by atoms with E-state index in [9.17, 15) is 4.39 Å². The average Bonchev–Trinajstić information content (AvgIpc) is 2.62. The first-order valence-electron chi connectivity index (χ1n) is 8.44. The van der Waals surface area contributed by atoms with Crippen LogP contribution < -0.4 is 14.8 Å². The van der Waals surface area contributed by atoms with E-state index in [0.717, 1.165) is 19.5 Å². The maximum atomic E-state index is 13.2. The van der Waals surface area contributed by atoms with Crippen molar-refractivity contribution in [2.45, 2.75) is 19.3 Å². The summed E-state index contributed by atoms with van der Waals surface area (Å²) in [4.78, 5) is 4.21. The Balaban J connectivity index is 1.69. The van der Waals surface area contributed by atoms with Gasteiger partial charge in [0.15, 0.2) is 5.75 Å². The Morgan fingerprint density at radius 3 is 2.83 bits per heavy atom. The van der Waals surface area contributed by atoms with E-state index < -0.39 is 0 Å². The smallest absolute Gasteiger partial charge is 0.256 e. The van der Waals surface area contributed by atoms with Crippen molar-refractivity contribution in [2.75, 3.05) is 26.3 Å². The van der Waals surface area contributed by atoms with Gasteiger partial charge in [0.1, 0.15) is 5.82 Å². The first kappa shape index (κ1) is 16.7. The number of pyridine rings is 1. The van der Waals surface area contributed by atoms with Crippen LogP contribution >= 0.6 is 0 Å². The van der Waals surface area contributed by atoms with Crippen molar-refractivity contribution in [3.8, 4) is 11.6 Å². The van der Waals surface area contributed by atoms with Gasteiger partial charge >= 0.3 is 0 Å². The number of piperidine rings is 1. The van der Waals surface area contributed by atoms with Crippen LogP contribution in [0.1, 0.15) is 24.8 Å². The van der Waals surface area contributed by atoms with Gasteiger partial charge in [0.2, 0.25) is 0 Å². The molecule has 0 radical (unpaired) electrons. The van der Waals surface area contributed by atoms with Gasteiger partial charge in [-0.15, -0.1) is 0 Å². The molecule has 2 aromatic rings. The number of hydrogen-bond acceptors (Lipinski definition) is 4. The number of rotatable bonds is 6. The third-order valence-corrected chi connectivity index (χ3v) is 4.38.